The second-order valence-corrected chi connectivity index (χ2v) is 6.63. The van der Waals surface area contributed by atoms with E-state index in [0.29, 0.717) is 0 Å². The van der Waals surface area contributed by atoms with Crippen molar-refractivity contribution in [3.8, 4) is 0 Å². The molecular weight excluding hydrogens is 252 g/mol. The molecule has 4 heteroatoms. The van der Waals surface area contributed by atoms with Crippen LogP contribution in [0.4, 0.5) is 11.4 Å². The van der Waals surface area contributed by atoms with Crippen molar-refractivity contribution in [3.63, 3.8) is 0 Å². The van der Waals surface area contributed by atoms with E-state index in [2.05, 4.69) is 38.3 Å². The van der Waals surface area contributed by atoms with Crippen molar-refractivity contribution in [2.75, 3.05) is 10.6 Å². The number of rotatable bonds is 3. The molecule has 1 unspecified atom stereocenters. The van der Waals surface area contributed by atoms with Gasteiger partial charge in [0, 0.05) is 18.3 Å². The number of carbonyl (C=O) groups excluding carboxylic acids is 1. The van der Waals surface area contributed by atoms with Gasteiger partial charge in [-0.25, -0.2) is 0 Å². The first-order chi connectivity index (χ1) is 9.18. The third-order valence-corrected chi connectivity index (χ3v) is 3.60. The summed E-state index contributed by atoms with van der Waals surface area (Å²) in [7, 11) is 0. The van der Waals surface area contributed by atoms with E-state index in [1.165, 1.54) is 6.92 Å². The highest BCUT2D eigenvalue weighted by molar-refractivity contribution is 5.89. The number of amides is 1. The van der Waals surface area contributed by atoms with E-state index >= 15 is 0 Å². The molecule has 1 heterocycles. The number of hydrogen-bond donors (Lipinski definition) is 2. The predicted octanol–water partition coefficient (Wildman–Crippen LogP) is 3.40. The topological polar surface area (TPSA) is 50.4 Å². The Bertz CT molecular complexity index is 509. The highest BCUT2D eigenvalue weighted by Crippen LogP contribution is 2.38. The lowest BCUT2D eigenvalue weighted by Gasteiger charge is -2.28. The summed E-state index contributed by atoms with van der Waals surface area (Å²) < 4.78 is 6.08. The Kier molecular flexibility index (Phi) is 3.78. The summed E-state index contributed by atoms with van der Waals surface area (Å²) in [4.78, 5) is 11.1. The van der Waals surface area contributed by atoms with Gasteiger partial charge in [-0.05, 0) is 52.3 Å². The Morgan fingerprint density at radius 2 is 1.90 bits per heavy atom. The largest absolute Gasteiger partial charge is 0.379 e. The van der Waals surface area contributed by atoms with Gasteiger partial charge in [-0.15, -0.1) is 0 Å². The van der Waals surface area contributed by atoms with Crippen molar-refractivity contribution in [2.45, 2.75) is 58.3 Å². The van der Waals surface area contributed by atoms with E-state index in [1.54, 1.807) is 0 Å². The minimum Gasteiger partial charge on any atom is -0.379 e. The molecule has 2 N–H and O–H groups in total. The molecule has 1 amide bonds. The van der Waals surface area contributed by atoms with Gasteiger partial charge in [0.15, 0.2) is 0 Å². The van der Waals surface area contributed by atoms with Gasteiger partial charge >= 0.3 is 0 Å². The maximum atomic E-state index is 11.1. The Morgan fingerprint density at radius 1 is 1.25 bits per heavy atom. The van der Waals surface area contributed by atoms with Gasteiger partial charge in [-0.1, -0.05) is 6.07 Å². The Hall–Kier alpha value is -1.55. The molecule has 0 aromatic heterocycles. The van der Waals surface area contributed by atoms with Crippen LogP contribution in [0.15, 0.2) is 24.3 Å². The average Bonchev–Trinajstić information content (AvgIpc) is 2.45. The van der Waals surface area contributed by atoms with Crippen molar-refractivity contribution < 1.29 is 9.53 Å². The second-order valence-electron chi connectivity index (χ2n) is 6.63. The number of nitrogens with one attached hydrogen (secondary N) is 2. The van der Waals surface area contributed by atoms with Gasteiger partial charge < -0.3 is 15.4 Å². The summed E-state index contributed by atoms with van der Waals surface area (Å²) in [5, 5.41) is 6.32. The molecule has 1 atom stereocenters. The van der Waals surface area contributed by atoms with Crippen molar-refractivity contribution in [1.29, 1.82) is 0 Å². The summed E-state index contributed by atoms with van der Waals surface area (Å²) in [6.45, 7) is 9.96. The normalized spacial score (nSPS) is 23.4. The Balaban J connectivity index is 2.12. The minimum atomic E-state index is -0.215. The van der Waals surface area contributed by atoms with Crippen molar-refractivity contribution >= 4 is 17.3 Å². The Morgan fingerprint density at radius 3 is 2.45 bits per heavy atom. The van der Waals surface area contributed by atoms with E-state index in [4.69, 9.17) is 4.74 Å². The van der Waals surface area contributed by atoms with E-state index in [-0.39, 0.29) is 23.2 Å². The summed E-state index contributed by atoms with van der Waals surface area (Å²) in [5.41, 5.74) is 1.47. The third-order valence-electron chi connectivity index (χ3n) is 3.60. The minimum absolute atomic E-state index is 0.0622. The molecule has 4 nitrogen and oxygen atoms in total. The molecule has 1 aromatic carbocycles. The van der Waals surface area contributed by atoms with Gasteiger partial charge in [-0.3, -0.25) is 4.79 Å². The zero-order valence-electron chi connectivity index (χ0n) is 12.9. The Labute approximate surface area is 120 Å². The third kappa shape index (κ3) is 3.51. The van der Waals surface area contributed by atoms with Crippen LogP contribution in [0.2, 0.25) is 0 Å². The average molecular weight is 276 g/mol. The first-order valence-electron chi connectivity index (χ1n) is 7.02. The quantitative estimate of drug-likeness (QED) is 0.889. The summed E-state index contributed by atoms with van der Waals surface area (Å²) in [6, 6.07) is 8.01. The number of anilines is 2. The molecule has 1 aliphatic heterocycles. The zero-order chi connectivity index (χ0) is 15.0. The summed E-state index contributed by atoms with van der Waals surface area (Å²) >= 11 is 0. The molecule has 0 aliphatic carbocycles. The maximum absolute atomic E-state index is 11.1. The standard InChI is InChI=1S/C16H24N2O2/c1-11(19)17-12-7-6-8-13(9-12)18-14-10-15(2,3)20-16(14,4)5/h6-9,14,18H,10H2,1-5H3,(H,17,19). The molecule has 0 radical (unpaired) electrons. The highest BCUT2D eigenvalue weighted by Gasteiger charge is 2.45. The smallest absolute Gasteiger partial charge is 0.221 e. The number of benzene rings is 1. The second kappa shape index (κ2) is 5.09. The SMILES string of the molecule is CC(=O)Nc1cccc(NC2CC(C)(C)OC2(C)C)c1. The lowest BCUT2D eigenvalue weighted by atomic mass is 9.94. The summed E-state index contributed by atoms with van der Waals surface area (Å²) in [5.74, 6) is -0.0622. The molecular formula is C16H24N2O2. The lowest BCUT2D eigenvalue weighted by molar-refractivity contribution is -0.114. The van der Waals surface area contributed by atoms with Crippen LogP contribution < -0.4 is 10.6 Å². The fraction of sp³-hybridized carbons (Fsp3) is 0.562. The lowest BCUT2D eigenvalue weighted by Crippen LogP contribution is -2.38. The van der Waals surface area contributed by atoms with Crippen LogP contribution in [-0.4, -0.2) is 23.2 Å². The molecule has 110 valence electrons. The molecule has 20 heavy (non-hydrogen) atoms. The van der Waals surface area contributed by atoms with E-state index in [0.717, 1.165) is 17.8 Å². The molecule has 1 aliphatic rings. The highest BCUT2D eigenvalue weighted by atomic mass is 16.5. The van der Waals surface area contributed by atoms with Crippen molar-refractivity contribution in [2.24, 2.45) is 0 Å². The first kappa shape index (κ1) is 14.9. The van der Waals surface area contributed by atoms with Crippen LogP contribution in [0.3, 0.4) is 0 Å². The van der Waals surface area contributed by atoms with Crippen LogP contribution in [0.5, 0.6) is 0 Å². The molecule has 0 spiro atoms. The number of hydrogen-bond acceptors (Lipinski definition) is 3. The van der Waals surface area contributed by atoms with Crippen LogP contribution in [0.1, 0.15) is 41.0 Å². The van der Waals surface area contributed by atoms with Crippen LogP contribution >= 0.6 is 0 Å². The maximum Gasteiger partial charge on any atom is 0.221 e. The van der Waals surface area contributed by atoms with Crippen LogP contribution in [-0.2, 0) is 9.53 Å². The fourth-order valence-electron chi connectivity index (χ4n) is 2.88. The molecule has 1 fully saturated rings. The first-order valence-corrected chi connectivity index (χ1v) is 7.02. The molecule has 0 saturated carbocycles. The monoisotopic (exact) mass is 276 g/mol. The molecule has 1 aromatic rings. The molecule has 1 saturated heterocycles. The van der Waals surface area contributed by atoms with E-state index in [9.17, 15) is 4.79 Å². The number of carbonyl (C=O) groups is 1. The van der Waals surface area contributed by atoms with Gasteiger partial charge in [0.25, 0.3) is 0 Å². The predicted molar refractivity (Wildman–Crippen MR) is 82.0 cm³/mol. The van der Waals surface area contributed by atoms with Crippen molar-refractivity contribution in [1.82, 2.24) is 0 Å². The van der Waals surface area contributed by atoms with E-state index in [1.807, 2.05) is 24.3 Å². The summed E-state index contributed by atoms with van der Waals surface area (Å²) in [6.07, 6.45) is 0.949. The van der Waals surface area contributed by atoms with Crippen LogP contribution in [0.25, 0.3) is 0 Å². The van der Waals surface area contributed by atoms with Gasteiger partial charge in [0.2, 0.25) is 5.91 Å². The fourth-order valence-corrected chi connectivity index (χ4v) is 2.88. The zero-order valence-corrected chi connectivity index (χ0v) is 12.9. The van der Waals surface area contributed by atoms with Gasteiger partial charge in [0.1, 0.15) is 0 Å². The molecule has 2 rings (SSSR count). The number of ether oxygens (including phenoxy) is 1. The van der Waals surface area contributed by atoms with Crippen LogP contribution in [0, 0.1) is 0 Å². The van der Waals surface area contributed by atoms with Gasteiger partial charge in [0.05, 0.1) is 17.2 Å². The molecule has 0 bridgehead atoms. The van der Waals surface area contributed by atoms with E-state index < -0.39 is 0 Å². The van der Waals surface area contributed by atoms with Crippen molar-refractivity contribution in [3.05, 3.63) is 24.3 Å². The van der Waals surface area contributed by atoms with Gasteiger partial charge in [-0.2, -0.15) is 0 Å².